The number of hydrogen-bond acceptors (Lipinski definition) is 4. The molecule has 2 rings (SSSR count). The molecule has 1 aliphatic heterocycles. The molecule has 0 saturated carbocycles. The van der Waals surface area contributed by atoms with Crippen molar-refractivity contribution < 1.29 is 0 Å². The van der Waals surface area contributed by atoms with Crippen LogP contribution in [0.15, 0.2) is 18.5 Å². The zero-order valence-corrected chi connectivity index (χ0v) is 10.1. The van der Waals surface area contributed by atoms with Crippen LogP contribution in [0.3, 0.4) is 0 Å². The van der Waals surface area contributed by atoms with Crippen LogP contribution in [-0.2, 0) is 0 Å². The molecule has 16 heavy (non-hydrogen) atoms. The van der Waals surface area contributed by atoms with Gasteiger partial charge in [0.2, 0.25) is 5.95 Å². The van der Waals surface area contributed by atoms with E-state index in [9.17, 15) is 0 Å². The van der Waals surface area contributed by atoms with E-state index in [0.717, 1.165) is 45.1 Å². The van der Waals surface area contributed by atoms with E-state index in [2.05, 4.69) is 19.8 Å². The smallest absolute Gasteiger partial charge is 0.225 e. The Morgan fingerprint density at radius 3 is 2.69 bits per heavy atom. The molecule has 5 heteroatoms. The predicted molar refractivity (Wildman–Crippen MR) is 66.0 cm³/mol. The Hall–Kier alpha value is -0.870. The first-order valence-electron chi connectivity index (χ1n) is 5.70. The Balaban J connectivity index is 1.94. The van der Waals surface area contributed by atoms with E-state index in [-0.39, 0.29) is 0 Å². The normalized spacial score (nSPS) is 18.4. The van der Waals surface area contributed by atoms with Crippen LogP contribution in [0.5, 0.6) is 0 Å². The van der Waals surface area contributed by atoms with Crippen molar-refractivity contribution in [2.75, 3.05) is 43.5 Å². The number of rotatable bonds is 3. The molecule has 0 atom stereocenters. The van der Waals surface area contributed by atoms with E-state index in [1.54, 1.807) is 12.4 Å². The molecule has 0 aromatic carbocycles. The first kappa shape index (κ1) is 11.6. The lowest BCUT2D eigenvalue weighted by molar-refractivity contribution is 0.311. The highest BCUT2D eigenvalue weighted by Crippen LogP contribution is 2.09. The van der Waals surface area contributed by atoms with E-state index in [1.807, 2.05) is 6.07 Å². The van der Waals surface area contributed by atoms with Crippen LogP contribution in [0.1, 0.15) is 6.42 Å². The predicted octanol–water partition coefficient (Wildman–Crippen LogP) is 1.23. The summed E-state index contributed by atoms with van der Waals surface area (Å²) in [7, 11) is 0. The van der Waals surface area contributed by atoms with Crippen molar-refractivity contribution in [2.24, 2.45) is 0 Å². The van der Waals surface area contributed by atoms with Crippen molar-refractivity contribution in [1.29, 1.82) is 0 Å². The number of anilines is 1. The fourth-order valence-corrected chi connectivity index (χ4v) is 2.21. The van der Waals surface area contributed by atoms with Crippen LogP contribution in [0, 0.1) is 0 Å². The van der Waals surface area contributed by atoms with Gasteiger partial charge in [-0.05, 0) is 19.0 Å². The molecule has 1 saturated heterocycles. The van der Waals surface area contributed by atoms with Gasteiger partial charge >= 0.3 is 0 Å². The van der Waals surface area contributed by atoms with Crippen LogP contribution in [-0.4, -0.2) is 53.5 Å². The third kappa shape index (κ3) is 3.06. The molecular weight excluding hydrogens is 224 g/mol. The summed E-state index contributed by atoms with van der Waals surface area (Å²) in [5, 5.41) is 0. The molecule has 0 radical (unpaired) electrons. The zero-order valence-electron chi connectivity index (χ0n) is 9.35. The molecule has 0 spiro atoms. The lowest BCUT2D eigenvalue weighted by atomic mass is 10.4. The summed E-state index contributed by atoms with van der Waals surface area (Å²) in [5.74, 6) is 1.55. The van der Waals surface area contributed by atoms with E-state index in [4.69, 9.17) is 11.6 Å². The SMILES string of the molecule is ClCCN1CCCN(c2ncccn2)CC1. The largest absolute Gasteiger partial charge is 0.339 e. The molecule has 1 aromatic rings. The van der Waals surface area contributed by atoms with E-state index in [0.29, 0.717) is 5.88 Å². The maximum Gasteiger partial charge on any atom is 0.225 e. The van der Waals surface area contributed by atoms with Crippen LogP contribution in [0.4, 0.5) is 5.95 Å². The highest BCUT2D eigenvalue weighted by Gasteiger charge is 2.15. The van der Waals surface area contributed by atoms with Gasteiger partial charge < -0.3 is 9.80 Å². The molecule has 1 aromatic heterocycles. The van der Waals surface area contributed by atoms with Gasteiger partial charge in [-0.2, -0.15) is 0 Å². The minimum atomic E-state index is 0.710. The lowest BCUT2D eigenvalue weighted by Gasteiger charge is -2.20. The monoisotopic (exact) mass is 240 g/mol. The first-order valence-corrected chi connectivity index (χ1v) is 6.24. The quantitative estimate of drug-likeness (QED) is 0.744. The second-order valence-electron chi connectivity index (χ2n) is 3.92. The average Bonchev–Trinajstić information content (AvgIpc) is 2.57. The van der Waals surface area contributed by atoms with Crippen LogP contribution < -0.4 is 4.90 Å². The standard InChI is InChI=1S/C11H17ClN4/c12-3-8-15-6-2-7-16(10-9-15)11-13-4-1-5-14-11/h1,4-5H,2-3,6-10H2. The molecule has 0 N–H and O–H groups in total. The summed E-state index contributed by atoms with van der Waals surface area (Å²) in [6.45, 7) is 5.16. The number of alkyl halides is 1. The van der Waals surface area contributed by atoms with Crippen molar-refractivity contribution in [1.82, 2.24) is 14.9 Å². The summed E-state index contributed by atoms with van der Waals surface area (Å²) in [6, 6.07) is 1.85. The Morgan fingerprint density at radius 1 is 1.12 bits per heavy atom. The Labute approximate surface area is 101 Å². The molecule has 4 nitrogen and oxygen atoms in total. The number of aromatic nitrogens is 2. The van der Waals surface area contributed by atoms with Crippen molar-refractivity contribution in [3.63, 3.8) is 0 Å². The Kier molecular flexibility index (Phi) is 4.36. The van der Waals surface area contributed by atoms with Gasteiger partial charge in [-0.3, -0.25) is 0 Å². The second kappa shape index (κ2) is 6.01. The van der Waals surface area contributed by atoms with Gasteiger partial charge in [0, 0.05) is 44.5 Å². The van der Waals surface area contributed by atoms with Crippen LogP contribution in [0.2, 0.25) is 0 Å². The molecule has 0 unspecified atom stereocenters. The summed E-state index contributed by atoms with van der Waals surface area (Å²) in [6.07, 6.45) is 4.74. The van der Waals surface area contributed by atoms with Gasteiger partial charge in [-0.25, -0.2) is 9.97 Å². The van der Waals surface area contributed by atoms with Crippen LogP contribution >= 0.6 is 11.6 Å². The van der Waals surface area contributed by atoms with E-state index >= 15 is 0 Å². The second-order valence-corrected chi connectivity index (χ2v) is 4.30. The van der Waals surface area contributed by atoms with Gasteiger partial charge in [0.25, 0.3) is 0 Å². The summed E-state index contributed by atoms with van der Waals surface area (Å²) < 4.78 is 0. The van der Waals surface area contributed by atoms with Crippen molar-refractivity contribution in [2.45, 2.75) is 6.42 Å². The fourth-order valence-electron chi connectivity index (χ4n) is 1.97. The number of halogens is 1. The van der Waals surface area contributed by atoms with Crippen molar-refractivity contribution in [3.8, 4) is 0 Å². The topological polar surface area (TPSA) is 32.3 Å². The number of hydrogen-bond donors (Lipinski definition) is 0. The van der Waals surface area contributed by atoms with Gasteiger partial charge in [-0.1, -0.05) is 0 Å². The summed E-state index contributed by atoms with van der Waals surface area (Å²) in [4.78, 5) is 13.2. The summed E-state index contributed by atoms with van der Waals surface area (Å²) >= 11 is 5.76. The van der Waals surface area contributed by atoms with Gasteiger partial charge in [-0.15, -0.1) is 11.6 Å². The lowest BCUT2D eigenvalue weighted by Crippen LogP contribution is -2.32. The Morgan fingerprint density at radius 2 is 1.94 bits per heavy atom. The van der Waals surface area contributed by atoms with Gasteiger partial charge in [0.15, 0.2) is 0 Å². The average molecular weight is 241 g/mol. The molecule has 0 bridgehead atoms. The third-order valence-electron chi connectivity index (χ3n) is 2.82. The fraction of sp³-hybridized carbons (Fsp3) is 0.636. The minimum Gasteiger partial charge on any atom is -0.339 e. The molecule has 88 valence electrons. The molecule has 0 aliphatic carbocycles. The molecular formula is C11H17ClN4. The summed E-state index contributed by atoms with van der Waals surface area (Å²) in [5.41, 5.74) is 0. The van der Waals surface area contributed by atoms with Crippen LogP contribution in [0.25, 0.3) is 0 Å². The molecule has 0 amide bonds. The first-order chi connectivity index (χ1) is 7.90. The molecule has 1 fully saturated rings. The van der Waals surface area contributed by atoms with Crippen molar-refractivity contribution in [3.05, 3.63) is 18.5 Å². The van der Waals surface area contributed by atoms with Gasteiger partial charge in [0.1, 0.15) is 0 Å². The zero-order chi connectivity index (χ0) is 11.2. The third-order valence-corrected chi connectivity index (χ3v) is 2.99. The van der Waals surface area contributed by atoms with Gasteiger partial charge in [0.05, 0.1) is 0 Å². The highest BCUT2D eigenvalue weighted by atomic mass is 35.5. The highest BCUT2D eigenvalue weighted by molar-refractivity contribution is 6.18. The van der Waals surface area contributed by atoms with E-state index < -0.39 is 0 Å². The molecule has 1 aliphatic rings. The Bertz CT molecular complexity index is 306. The van der Waals surface area contributed by atoms with Crippen molar-refractivity contribution >= 4 is 17.5 Å². The number of nitrogens with zero attached hydrogens (tertiary/aromatic N) is 4. The molecule has 2 heterocycles. The van der Waals surface area contributed by atoms with E-state index in [1.165, 1.54) is 0 Å². The maximum absolute atomic E-state index is 5.76. The minimum absolute atomic E-state index is 0.710. The maximum atomic E-state index is 5.76.